The van der Waals surface area contributed by atoms with Crippen LogP contribution in [0.15, 0.2) is 53.4 Å². The number of carbonyl (C=O) groups is 3. The van der Waals surface area contributed by atoms with Crippen molar-refractivity contribution < 1.29 is 19.1 Å². The summed E-state index contributed by atoms with van der Waals surface area (Å²) >= 11 is 1.32. The second-order valence-electron chi connectivity index (χ2n) is 5.40. The number of fused-ring (bicyclic) bond motifs is 1. The maximum Gasteiger partial charge on any atom is 0.257 e. The van der Waals surface area contributed by atoms with Gasteiger partial charge in [0.1, 0.15) is 5.75 Å². The van der Waals surface area contributed by atoms with Crippen LogP contribution in [0.1, 0.15) is 16.8 Å². The maximum absolute atomic E-state index is 12.1. The van der Waals surface area contributed by atoms with Crippen molar-refractivity contribution in [2.24, 2.45) is 0 Å². The molecule has 3 amide bonds. The minimum atomic E-state index is -0.571. The van der Waals surface area contributed by atoms with Gasteiger partial charge in [0.05, 0.1) is 18.0 Å². The molecule has 1 heterocycles. The van der Waals surface area contributed by atoms with E-state index in [2.05, 4.69) is 10.6 Å². The largest absolute Gasteiger partial charge is 0.497 e. The van der Waals surface area contributed by atoms with Gasteiger partial charge in [-0.05, 0) is 36.4 Å². The highest BCUT2D eigenvalue weighted by Crippen LogP contribution is 2.36. The molecule has 0 spiro atoms. The SMILES string of the molecule is COc1ccc(C(=O)NC(=O)CC2Sc3ccccc3NC2=O)cc1. The Balaban J connectivity index is 1.60. The molecule has 0 aromatic heterocycles. The first-order valence-corrected chi connectivity index (χ1v) is 8.49. The number of imide groups is 1. The molecule has 3 rings (SSSR count). The lowest BCUT2D eigenvalue weighted by molar-refractivity contribution is -0.123. The zero-order valence-electron chi connectivity index (χ0n) is 13.4. The van der Waals surface area contributed by atoms with Crippen LogP contribution < -0.4 is 15.4 Å². The number of ether oxygens (including phenoxy) is 1. The van der Waals surface area contributed by atoms with Crippen molar-refractivity contribution in [2.75, 3.05) is 12.4 Å². The summed E-state index contributed by atoms with van der Waals surface area (Å²) in [5, 5.41) is 4.52. The summed E-state index contributed by atoms with van der Waals surface area (Å²) in [5.41, 5.74) is 1.09. The van der Waals surface area contributed by atoms with E-state index in [1.807, 2.05) is 24.3 Å². The molecule has 0 bridgehead atoms. The van der Waals surface area contributed by atoms with Crippen molar-refractivity contribution in [2.45, 2.75) is 16.6 Å². The number of thioether (sulfide) groups is 1. The van der Waals surface area contributed by atoms with Crippen LogP contribution in [-0.2, 0) is 9.59 Å². The third kappa shape index (κ3) is 4.00. The van der Waals surface area contributed by atoms with Crippen LogP contribution in [0.3, 0.4) is 0 Å². The highest BCUT2D eigenvalue weighted by molar-refractivity contribution is 8.01. The molecule has 0 saturated carbocycles. The van der Waals surface area contributed by atoms with E-state index < -0.39 is 17.1 Å². The van der Waals surface area contributed by atoms with Gasteiger partial charge in [-0.3, -0.25) is 19.7 Å². The zero-order valence-corrected chi connectivity index (χ0v) is 14.3. The lowest BCUT2D eigenvalue weighted by Crippen LogP contribution is -2.37. The molecule has 1 unspecified atom stereocenters. The molecule has 128 valence electrons. The molecule has 1 atom stereocenters. The van der Waals surface area contributed by atoms with Gasteiger partial charge in [-0.2, -0.15) is 0 Å². The number of amides is 3. The molecule has 2 N–H and O–H groups in total. The molecule has 0 aliphatic carbocycles. The lowest BCUT2D eigenvalue weighted by Gasteiger charge is -2.23. The van der Waals surface area contributed by atoms with Gasteiger partial charge in [0, 0.05) is 16.9 Å². The summed E-state index contributed by atoms with van der Waals surface area (Å²) < 4.78 is 5.03. The number of benzene rings is 2. The minimum Gasteiger partial charge on any atom is -0.497 e. The van der Waals surface area contributed by atoms with Gasteiger partial charge < -0.3 is 10.1 Å². The van der Waals surface area contributed by atoms with E-state index in [1.165, 1.54) is 18.9 Å². The van der Waals surface area contributed by atoms with Crippen LogP contribution >= 0.6 is 11.8 Å². The summed E-state index contributed by atoms with van der Waals surface area (Å²) in [6, 6.07) is 13.8. The smallest absolute Gasteiger partial charge is 0.257 e. The lowest BCUT2D eigenvalue weighted by atomic mass is 10.2. The topological polar surface area (TPSA) is 84.5 Å². The van der Waals surface area contributed by atoms with Crippen molar-refractivity contribution >= 4 is 35.2 Å². The number of rotatable bonds is 4. The molecule has 2 aromatic rings. The predicted molar refractivity (Wildman–Crippen MR) is 94.8 cm³/mol. The van der Waals surface area contributed by atoms with E-state index in [0.29, 0.717) is 11.3 Å². The van der Waals surface area contributed by atoms with Crippen molar-refractivity contribution in [3.63, 3.8) is 0 Å². The average Bonchev–Trinajstić information content (AvgIpc) is 2.62. The van der Waals surface area contributed by atoms with Gasteiger partial charge in [-0.25, -0.2) is 0 Å². The number of nitrogens with one attached hydrogen (secondary N) is 2. The molecule has 7 heteroatoms. The number of hydrogen-bond donors (Lipinski definition) is 2. The van der Waals surface area contributed by atoms with Crippen LogP contribution in [-0.4, -0.2) is 30.1 Å². The molecule has 1 aliphatic rings. The van der Waals surface area contributed by atoms with Crippen LogP contribution in [0.25, 0.3) is 0 Å². The van der Waals surface area contributed by atoms with Gasteiger partial charge >= 0.3 is 0 Å². The third-order valence-electron chi connectivity index (χ3n) is 3.68. The Kier molecular flexibility index (Phi) is 5.04. The number of para-hydroxylation sites is 1. The molecule has 0 fully saturated rings. The number of methoxy groups -OCH3 is 1. The molecule has 1 aliphatic heterocycles. The normalized spacial score (nSPS) is 15.7. The second-order valence-corrected chi connectivity index (χ2v) is 6.65. The van der Waals surface area contributed by atoms with Crippen molar-refractivity contribution in [1.82, 2.24) is 5.32 Å². The standard InChI is InChI=1S/C18H16N2O4S/c1-24-12-8-6-11(7-9-12)17(22)20-16(21)10-15-18(23)19-13-4-2-3-5-14(13)25-15/h2-9,15H,10H2,1H3,(H,19,23)(H,20,21,22). The Labute approximate surface area is 148 Å². The molecule has 2 aromatic carbocycles. The molecular weight excluding hydrogens is 340 g/mol. The average molecular weight is 356 g/mol. The second kappa shape index (κ2) is 7.40. The van der Waals surface area contributed by atoms with Crippen LogP contribution in [0, 0.1) is 0 Å². The fraction of sp³-hybridized carbons (Fsp3) is 0.167. The molecule has 0 radical (unpaired) electrons. The summed E-state index contributed by atoms with van der Waals surface area (Å²) in [4.78, 5) is 37.2. The number of hydrogen-bond acceptors (Lipinski definition) is 5. The van der Waals surface area contributed by atoms with E-state index in [4.69, 9.17) is 4.74 Å². The van der Waals surface area contributed by atoms with Crippen molar-refractivity contribution in [3.05, 3.63) is 54.1 Å². The number of anilines is 1. The van der Waals surface area contributed by atoms with Gasteiger partial charge in [-0.15, -0.1) is 11.8 Å². The van der Waals surface area contributed by atoms with Crippen LogP contribution in [0.5, 0.6) is 5.75 Å². The molecule has 0 saturated heterocycles. The Hall–Kier alpha value is -2.80. The number of carbonyl (C=O) groups excluding carboxylic acids is 3. The van der Waals surface area contributed by atoms with E-state index >= 15 is 0 Å². The van der Waals surface area contributed by atoms with E-state index in [0.717, 1.165) is 10.6 Å². The fourth-order valence-electron chi connectivity index (χ4n) is 2.39. The van der Waals surface area contributed by atoms with Crippen LogP contribution in [0.2, 0.25) is 0 Å². The summed E-state index contributed by atoms with van der Waals surface area (Å²) in [6.07, 6.45) is -0.0767. The maximum atomic E-state index is 12.1. The first kappa shape index (κ1) is 17.0. The van der Waals surface area contributed by atoms with Crippen LogP contribution in [0.4, 0.5) is 5.69 Å². The van der Waals surface area contributed by atoms with Gasteiger partial charge in [0.2, 0.25) is 11.8 Å². The Morgan fingerprint density at radius 3 is 2.60 bits per heavy atom. The molecule has 25 heavy (non-hydrogen) atoms. The van der Waals surface area contributed by atoms with Crippen molar-refractivity contribution in [3.8, 4) is 5.75 Å². The van der Waals surface area contributed by atoms with Gasteiger partial charge in [0.25, 0.3) is 5.91 Å². The highest BCUT2D eigenvalue weighted by atomic mass is 32.2. The first-order valence-electron chi connectivity index (χ1n) is 7.61. The third-order valence-corrected chi connectivity index (χ3v) is 4.96. The summed E-state index contributed by atoms with van der Waals surface area (Å²) in [6.45, 7) is 0. The molecule has 6 nitrogen and oxygen atoms in total. The van der Waals surface area contributed by atoms with Gasteiger partial charge in [-0.1, -0.05) is 12.1 Å². The Morgan fingerprint density at radius 1 is 1.16 bits per heavy atom. The predicted octanol–water partition coefficient (Wildman–Crippen LogP) is 2.45. The monoisotopic (exact) mass is 356 g/mol. The molecular formula is C18H16N2O4S. The quantitative estimate of drug-likeness (QED) is 0.879. The van der Waals surface area contributed by atoms with Gasteiger partial charge in [0.15, 0.2) is 0 Å². The highest BCUT2D eigenvalue weighted by Gasteiger charge is 2.29. The van der Waals surface area contributed by atoms with E-state index in [9.17, 15) is 14.4 Å². The minimum absolute atomic E-state index is 0.0767. The Morgan fingerprint density at radius 2 is 1.88 bits per heavy atom. The summed E-state index contributed by atoms with van der Waals surface area (Å²) in [5.74, 6) is -0.616. The summed E-state index contributed by atoms with van der Waals surface area (Å²) in [7, 11) is 1.53. The fourth-order valence-corrected chi connectivity index (χ4v) is 3.50. The van der Waals surface area contributed by atoms with Crippen molar-refractivity contribution in [1.29, 1.82) is 0 Å². The zero-order chi connectivity index (χ0) is 17.8. The Bertz CT molecular complexity index is 820. The van der Waals surface area contributed by atoms with E-state index in [-0.39, 0.29) is 12.3 Å². The van der Waals surface area contributed by atoms with E-state index in [1.54, 1.807) is 24.3 Å². The first-order chi connectivity index (χ1) is 12.1.